The summed E-state index contributed by atoms with van der Waals surface area (Å²) in [5.74, 6) is -0.291. The highest BCUT2D eigenvalue weighted by atomic mass is 16.6. The molecule has 0 aromatic heterocycles. The van der Waals surface area contributed by atoms with Crippen molar-refractivity contribution in [1.29, 1.82) is 0 Å². The number of nitrogens with zero attached hydrogens (tertiary/aromatic N) is 2. The number of hydrogen-bond donors (Lipinski definition) is 0. The van der Waals surface area contributed by atoms with Gasteiger partial charge in [-0.1, -0.05) is 97.1 Å². The molecule has 0 aliphatic heterocycles. The Morgan fingerprint density at radius 2 is 1.07 bits per heavy atom. The summed E-state index contributed by atoms with van der Waals surface area (Å²) < 4.78 is 11.1. The lowest BCUT2D eigenvalue weighted by Crippen LogP contribution is -2.28. The number of ketones is 1. The van der Waals surface area contributed by atoms with Crippen LogP contribution in [0.2, 0.25) is 0 Å². The van der Waals surface area contributed by atoms with Crippen molar-refractivity contribution in [2.24, 2.45) is 9.98 Å². The number of hydrogen-bond acceptors (Lipinski definition) is 7. The lowest BCUT2D eigenvalue weighted by molar-refractivity contribution is -0.252. The maximum atomic E-state index is 12.6. The van der Waals surface area contributed by atoms with Crippen LogP contribution in [0.1, 0.15) is 60.3 Å². The van der Waals surface area contributed by atoms with Gasteiger partial charge in [0.2, 0.25) is 0 Å². The molecule has 6 rings (SSSR count). The number of rotatable bonds is 11. The summed E-state index contributed by atoms with van der Waals surface area (Å²) in [5, 5.41) is 25.0. The molecule has 4 aromatic carbocycles. The molecule has 0 heterocycles. The molecule has 0 fully saturated rings. The van der Waals surface area contributed by atoms with Gasteiger partial charge >= 0.3 is 0 Å². The highest BCUT2D eigenvalue weighted by molar-refractivity contribution is 5.83. The van der Waals surface area contributed by atoms with E-state index >= 15 is 0 Å². The van der Waals surface area contributed by atoms with Crippen LogP contribution in [0.4, 0.5) is 0 Å². The van der Waals surface area contributed by atoms with E-state index in [4.69, 9.17) is 9.47 Å². The van der Waals surface area contributed by atoms with Crippen molar-refractivity contribution in [3.05, 3.63) is 119 Å². The van der Waals surface area contributed by atoms with Crippen molar-refractivity contribution in [3.8, 4) is 22.3 Å². The van der Waals surface area contributed by atoms with Crippen LogP contribution >= 0.6 is 0 Å². The van der Waals surface area contributed by atoms with Gasteiger partial charge < -0.3 is 19.7 Å². The van der Waals surface area contributed by atoms with Crippen LogP contribution in [0.3, 0.4) is 0 Å². The predicted octanol–water partition coefficient (Wildman–Crippen LogP) is 5.21. The molecular weight excluding hydrogens is 552 g/mol. The minimum absolute atomic E-state index is 0.0163. The van der Waals surface area contributed by atoms with Crippen molar-refractivity contribution in [2.75, 3.05) is 19.8 Å². The quantitative estimate of drug-likeness (QED) is 0.136. The van der Waals surface area contributed by atoms with E-state index in [1.54, 1.807) is 0 Å². The Morgan fingerprint density at radius 1 is 0.659 bits per heavy atom. The van der Waals surface area contributed by atoms with Gasteiger partial charge in [0.15, 0.2) is 5.78 Å². The standard InChI is InChI=1S/C37H36N2O5/c1-24(40)35(39-37(42)44-23-34-31-18-8-4-14-27(31)28-15-5-9-19-32(28)34)20-10-11-21-38-36(41)43-22-33-29-16-6-2-12-25(29)26-13-3-7-17-30(26)33/h2-9,12-19,33-35H,10-11,20-23H2,1H3,(H,38,41)(H,39,42)/p-2. The van der Waals surface area contributed by atoms with Crippen LogP contribution in [-0.4, -0.2) is 43.8 Å². The van der Waals surface area contributed by atoms with Gasteiger partial charge in [0, 0.05) is 31.6 Å². The maximum absolute atomic E-state index is 12.6. The summed E-state index contributed by atoms with van der Waals surface area (Å²) >= 11 is 0. The minimum Gasteiger partial charge on any atom is -0.599 e. The fourth-order valence-corrected chi connectivity index (χ4v) is 6.38. The fraction of sp³-hybridized carbons (Fsp3) is 0.270. The minimum atomic E-state index is -0.792. The van der Waals surface area contributed by atoms with Crippen molar-refractivity contribution < 1.29 is 24.5 Å². The van der Waals surface area contributed by atoms with Crippen molar-refractivity contribution in [3.63, 3.8) is 0 Å². The molecule has 7 heteroatoms. The molecule has 0 amide bonds. The lowest BCUT2D eigenvalue weighted by Gasteiger charge is -2.22. The van der Waals surface area contributed by atoms with E-state index < -0.39 is 18.2 Å². The first-order valence-corrected chi connectivity index (χ1v) is 15.1. The zero-order valence-electron chi connectivity index (χ0n) is 24.6. The molecule has 4 aromatic rings. The monoisotopic (exact) mass is 586 g/mol. The lowest BCUT2D eigenvalue weighted by atomic mass is 9.98. The molecule has 7 nitrogen and oxygen atoms in total. The summed E-state index contributed by atoms with van der Waals surface area (Å²) in [6.45, 7) is 2.07. The van der Waals surface area contributed by atoms with Gasteiger partial charge in [-0.2, -0.15) is 0 Å². The number of Topliss-reactive ketones (excluding diaryl/α,β-unsaturated/α-hetero) is 1. The Labute approximate surface area is 257 Å². The average molecular weight is 587 g/mol. The van der Waals surface area contributed by atoms with E-state index in [1.165, 1.54) is 18.1 Å². The van der Waals surface area contributed by atoms with Gasteiger partial charge in [0.25, 0.3) is 0 Å². The molecule has 2 aliphatic rings. The fourth-order valence-electron chi connectivity index (χ4n) is 6.38. The average Bonchev–Trinajstić information content (AvgIpc) is 3.54. The number of carbonyl (C=O) groups is 1. The van der Waals surface area contributed by atoms with Crippen molar-refractivity contribution in [1.82, 2.24) is 0 Å². The zero-order valence-corrected chi connectivity index (χ0v) is 24.6. The molecule has 0 radical (unpaired) electrons. The van der Waals surface area contributed by atoms with Crippen LogP contribution in [0.25, 0.3) is 22.3 Å². The Balaban J connectivity index is 0.976. The highest BCUT2D eigenvalue weighted by Crippen LogP contribution is 2.45. The molecule has 1 unspecified atom stereocenters. The van der Waals surface area contributed by atoms with E-state index in [2.05, 4.69) is 58.5 Å². The number of benzene rings is 4. The van der Waals surface area contributed by atoms with E-state index in [-0.39, 0.29) is 37.4 Å². The predicted molar refractivity (Wildman–Crippen MR) is 167 cm³/mol. The summed E-state index contributed by atoms with van der Waals surface area (Å²) in [7, 11) is 0. The Morgan fingerprint density at radius 3 is 1.50 bits per heavy atom. The summed E-state index contributed by atoms with van der Waals surface area (Å²) in [6.07, 6.45) is 0.173. The molecule has 2 aliphatic carbocycles. The van der Waals surface area contributed by atoms with Gasteiger partial charge in [-0.15, -0.1) is 0 Å². The maximum Gasteiger partial charge on any atom is 0.154 e. The zero-order chi connectivity index (χ0) is 30.5. The molecule has 0 bridgehead atoms. The van der Waals surface area contributed by atoms with Gasteiger partial charge in [-0.25, -0.2) is 0 Å². The van der Waals surface area contributed by atoms with Crippen molar-refractivity contribution in [2.45, 2.75) is 44.1 Å². The molecule has 0 N–H and O–H groups in total. The number of fused-ring (bicyclic) bond motifs is 6. The van der Waals surface area contributed by atoms with Crippen LogP contribution in [0.5, 0.6) is 0 Å². The number of ether oxygens (including phenoxy) is 2. The van der Waals surface area contributed by atoms with Crippen LogP contribution in [-0.2, 0) is 14.3 Å². The highest BCUT2D eigenvalue weighted by Gasteiger charge is 2.28. The second kappa shape index (κ2) is 13.2. The molecule has 1 atom stereocenters. The molecule has 224 valence electrons. The van der Waals surface area contributed by atoms with Gasteiger partial charge in [-0.05, 0) is 70.7 Å². The summed E-state index contributed by atoms with van der Waals surface area (Å²) in [5.41, 5.74) is 9.16. The third kappa shape index (κ3) is 6.09. The first-order chi connectivity index (χ1) is 21.5. The Bertz CT molecular complexity index is 1620. The molecule has 0 saturated heterocycles. The second-order valence-corrected chi connectivity index (χ2v) is 11.2. The third-order valence-corrected chi connectivity index (χ3v) is 8.53. The van der Waals surface area contributed by atoms with Gasteiger partial charge in [0.05, 0.1) is 0 Å². The normalized spacial score (nSPS) is 14.8. The number of unbranched alkanes of at least 4 members (excludes halogenated alkanes) is 1. The van der Waals surface area contributed by atoms with E-state index in [0.29, 0.717) is 19.3 Å². The Kier molecular flexibility index (Phi) is 8.73. The van der Waals surface area contributed by atoms with E-state index in [0.717, 1.165) is 33.4 Å². The van der Waals surface area contributed by atoms with Crippen molar-refractivity contribution >= 4 is 18.0 Å². The number of carbonyl (C=O) groups excluding carboxylic acids is 1. The van der Waals surface area contributed by atoms with Gasteiger partial charge in [-0.3, -0.25) is 14.8 Å². The molecule has 0 spiro atoms. The first kappa shape index (κ1) is 29.2. The SMILES string of the molecule is CC(=O)C(CCCCN=C([O-])OCC1c2ccccc2-c2ccccc21)N=C([O-])OCC1c2ccccc2-c2ccccc21. The summed E-state index contributed by atoms with van der Waals surface area (Å²) in [4.78, 5) is 20.3. The molecule has 44 heavy (non-hydrogen) atoms. The largest absolute Gasteiger partial charge is 0.599 e. The third-order valence-electron chi connectivity index (χ3n) is 8.53. The topological polar surface area (TPSA) is 106 Å². The van der Waals surface area contributed by atoms with Gasteiger partial charge in [0.1, 0.15) is 18.2 Å². The summed E-state index contributed by atoms with van der Waals surface area (Å²) in [6, 6.07) is 31.8. The van der Waals surface area contributed by atoms with E-state index in [1.807, 2.05) is 48.5 Å². The number of aliphatic imine (C=N–C) groups is 2. The van der Waals surface area contributed by atoms with Crippen LogP contribution < -0.4 is 10.2 Å². The van der Waals surface area contributed by atoms with E-state index in [9.17, 15) is 15.0 Å². The smallest absolute Gasteiger partial charge is 0.154 e. The second-order valence-electron chi connectivity index (χ2n) is 11.2. The first-order valence-electron chi connectivity index (χ1n) is 15.1. The Hall–Kier alpha value is -4.91. The molecule has 0 saturated carbocycles. The van der Waals surface area contributed by atoms with Crippen LogP contribution in [0.15, 0.2) is 107 Å². The van der Waals surface area contributed by atoms with Crippen LogP contribution in [0, 0.1) is 0 Å². The molecular formula is C37H34N2O5-2.